The summed E-state index contributed by atoms with van der Waals surface area (Å²) in [5, 5.41) is 6.76. The number of nitrogens with two attached hydrogens (primary N) is 1. The van der Waals surface area contributed by atoms with E-state index in [2.05, 4.69) is 10.4 Å². The highest BCUT2D eigenvalue weighted by molar-refractivity contribution is 7.16. The summed E-state index contributed by atoms with van der Waals surface area (Å²) in [6.45, 7) is 0.773. The van der Waals surface area contributed by atoms with Crippen LogP contribution in [0.5, 0.6) is 0 Å². The number of nitrogen functional groups attached to an aromatic ring is 1. The van der Waals surface area contributed by atoms with E-state index in [0.717, 1.165) is 15.6 Å². The number of thiophene rings is 1. The van der Waals surface area contributed by atoms with Crippen LogP contribution in [0, 0.1) is 0 Å². The van der Waals surface area contributed by atoms with Crippen LogP contribution in [0.1, 0.15) is 4.88 Å². The molecule has 2 rings (SSSR count). The van der Waals surface area contributed by atoms with Crippen LogP contribution < -0.4 is 11.1 Å². The second kappa shape index (κ2) is 5.88. The van der Waals surface area contributed by atoms with Crippen LogP contribution >= 0.6 is 22.9 Å². The molecule has 0 aliphatic rings. The van der Waals surface area contributed by atoms with Crippen LogP contribution in [0.15, 0.2) is 24.4 Å². The summed E-state index contributed by atoms with van der Waals surface area (Å²) in [6.07, 6.45) is 2.46. The summed E-state index contributed by atoms with van der Waals surface area (Å²) in [5.74, 6) is 0.330. The Hall–Kier alpha value is -1.53. The molecule has 0 aromatic carbocycles. The number of carbonyl (C=O) groups is 1. The van der Waals surface area contributed by atoms with E-state index in [4.69, 9.17) is 17.3 Å². The van der Waals surface area contributed by atoms with Crippen molar-refractivity contribution in [2.75, 3.05) is 12.3 Å². The van der Waals surface area contributed by atoms with Gasteiger partial charge in [0.1, 0.15) is 12.4 Å². The number of nitrogens with zero attached hydrogens (tertiary/aromatic N) is 2. The molecule has 0 aliphatic carbocycles. The molecule has 5 nitrogen and oxygen atoms in total. The summed E-state index contributed by atoms with van der Waals surface area (Å²) in [5.41, 5.74) is 5.46. The lowest BCUT2D eigenvalue weighted by atomic mass is 10.3. The summed E-state index contributed by atoms with van der Waals surface area (Å²) in [6, 6.07) is 5.48. The van der Waals surface area contributed by atoms with Crippen LogP contribution in [0.25, 0.3) is 0 Å². The highest BCUT2D eigenvalue weighted by Crippen LogP contribution is 2.21. The van der Waals surface area contributed by atoms with Gasteiger partial charge in [0.2, 0.25) is 5.91 Å². The number of nitrogens with one attached hydrogen (secondary N) is 1. The van der Waals surface area contributed by atoms with Gasteiger partial charge in [-0.1, -0.05) is 11.6 Å². The average Bonchev–Trinajstić information content (AvgIpc) is 2.88. The fourth-order valence-corrected chi connectivity index (χ4v) is 2.57. The zero-order chi connectivity index (χ0) is 13.0. The summed E-state index contributed by atoms with van der Waals surface area (Å²) >= 11 is 7.35. The molecule has 18 heavy (non-hydrogen) atoms. The molecule has 1 amide bonds. The maximum absolute atomic E-state index is 11.6. The van der Waals surface area contributed by atoms with Gasteiger partial charge in [-0.3, -0.25) is 9.48 Å². The first kappa shape index (κ1) is 12.9. The minimum Gasteiger partial charge on any atom is -0.382 e. The molecule has 2 heterocycles. The number of aromatic nitrogens is 2. The Labute approximate surface area is 114 Å². The Morgan fingerprint density at radius 1 is 1.50 bits per heavy atom. The predicted octanol–water partition coefficient (Wildman–Crippen LogP) is 1.54. The third-order valence-corrected chi connectivity index (χ3v) is 3.58. The Bertz CT molecular complexity index is 537. The molecule has 0 unspecified atom stereocenters. The fraction of sp³-hybridized carbons (Fsp3) is 0.273. The van der Waals surface area contributed by atoms with Gasteiger partial charge >= 0.3 is 0 Å². The molecular formula is C11H13ClN4OS. The van der Waals surface area contributed by atoms with Crippen molar-refractivity contribution < 1.29 is 4.79 Å². The number of hydrogen-bond donors (Lipinski definition) is 2. The average molecular weight is 285 g/mol. The molecule has 2 aromatic heterocycles. The van der Waals surface area contributed by atoms with Gasteiger partial charge in [-0.15, -0.1) is 11.3 Å². The number of carbonyl (C=O) groups excluding carboxylic acids is 1. The summed E-state index contributed by atoms with van der Waals surface area (Å²) < 4.78 is 2.27. The topological polar surface area (TPSA) is 72.9 Å². The first-order valence-electron chi connectivity index (χ1n) is 5.43. The van der Waals surface area contributed by atoms with E-state index in [1.807, 2.05) is 12.1 Å². The molecule has 3 N–H and O–H groups in total. The van der Waals surface area contributed by atoms with Crippen molar-refractivity contribution in [3.8, 4) is 0 Å². The Morgan fingerprint density at radius 2 is 2.33 bits per heavy atom. The van der Waals surface area contributed by atoms with Gasteiger partial charge in [0, 0.05) is 17.6 Å². The van der Waals surface area contributed by atoms with Crippen molar-refractivity contribution in [2.24, 2.45) is 0 Å². The van der Waals surface area contributed by atoms with Crippen molar-refractivity contribution >= 4 is 34.7 Å². The molecule has 0 saturated heterocycles. The van der Waals surface area contributed by atoms with E-state index >= 15 is 0 Å². The van der Waals surface area contributed by atoms with Crippen LogP contribution in [-0.2, 0) is 17.8 Å². The number of rotatable bonds is 5. The Kier molecular flexibility index (Phi) is 4.22. The van der Waals surface area contributed by atoms with Gasteiger partial charge in [0.25, 0.3) is 0 Å². The zero-order valence-corrected chi connectivity index (χ0v) is 11.2. The van der Waals surface area contributed by atoms with Gasteiger partial charge in [-0.05, 0) is 24.6 Å². The summed E-state index contributed by atoms with van der Waals surface area (Å²) in [4.78, 5) is 12.7. The standard InChI is InChI=1S/C11H13ClN4OS/c12-9-2-1-8(18-9)3-5-14-11(17)7-16-6-4-10(13)15-16/h1-2,4,6H,3,5,7H2,(H2,13,15)(H,14,17). The van der Waals surface area contributed by atoms with Gasteiger partial charge in [-0.2, -0.15) is 5.10 Å². The van der Waals surface area contributed by atoms with Crippen LogP contribution in [0.4, 0.5) is 5.82 Å². The smallest absolute Gasteiger partial charge is 0.241 e. The second-order valence-electron chi connectivity index (χ2n) is 3.74. The van der Waals surface area contributed by atoms with Gasteiger partial charge in [0.15, 0.2) is 0 Å². The maximum atomic E-state index is 11.6. The number of anilines is 1. The van der Waals surface area contributed by atoms with E-state index in [9.17, 15) is 4.79 Å². The molecule has 0 fully saturated rings. The third kappa shape index (κ3) is 3.75. The molecule has 0 atom stereocenters. The monoisotopic (exact) mass is 284 g/mol. The molecule has 0 saturated carbocycles. The van der Waals surface area contributed by atoms with Crippen molar-refractivity contribution in [3.63, 3.8) is 0 Å². The quantitative estimate of drug-likeness (QED) is 0.875. The number of amides is 1. The van der Waals surface area contributed by atoms with Crippen molar-refractivity contribution in [1.29, 1.82) is 0 Å². The molecule has 0 aliphatic heterocycles. The zero-order valence-electron chi connectivity index (χ0n) is 9.60. The molecule has 0 bridgehead atoms. The predicted molar refractivity (Wildman–Crippen MR) is 72.7 cm³/mol. The number of halogens is 1. The Morgan fingerprint density at radius 3 is 2.94 bits per heavy atom. The van der Waals surface area contributed by atoms with Gasteiger partial charge in [0.05, 0.1) is 4.34 Å². The van der Waals surface area contributed by atoms with Crippen molar-refractivity contribution in [3.05, 3.63) is 33.6 Å². The normalized spacial score (nSPS) is 10.5. The van der Waals surface area contributed by atoms with E-state index in [1.165, 1.54) is 16.0 Å². The van der Waals surface area contributed by atoms with Gasteiger partial charge < -0.3 is 11.1 Å². The van der Waals surface area contributed by atoms with Gasteiger partial charge in [-0.25, -0.2) is 0 Å². The van der Waals surface area contributed by atoms with E-state index < -0.39 is 0 Å². The fourth-order valence-electron chi connectivity index (χ4n) is 1.48. The van der Waals surface area contributed by atoms with Crippen LogP contribution in [0.2, 0.25) is 4.34 Å². The second-order valence-corrected chi connectivity index (χ2v) is 5.54. The molecule has 7 heteroatoms. The first-order chi connectivity index (χ1) is 8.63. The maximum Gasteiger partial charge on any atom is 0.241 e. The van der Waals surface area contributed by atoms with E-state index in [1.54, 1.807) is 12.3 Å². The lowest BCUT2D eigenvalue weighted by molar-refractivity contribution is -0.121. The summed E-state index contributed by atoms with van der Waals surface area (Å²) in [7, 11) is 0. The molecule has 0 spiro atoms. The van der Waals surface area contributed by atoms with Crippen molar-refractivity contribution in [2.45, 2.75) is 13.0 Å². The highest BCUT2D eigenvalue weighted by atomic mass is 35.5. The third-order valence-electron chi connectivity index (χ3n) is 2.29. The minimum atomic E-state index is -0.0826. The largest absolute Gasteiger partial charge is 0.382 e. The molecular weight excluding hydrogens is 272 g/mol. The van der Waals surface area contributed by atoms with E-state index in [-0.39, 0.29) is 12.5 Å². The first-order valence-corrected chi connectivity index (χ1v) is 6.63. The van der Waals surface area contributed by atoms with Crippen molar-refractivity contribution in [1.82, 2.24) is 15.1 Å². The highest BCUT2D eigenvalue weighted by Gasteiger charge is 2.04. The van der Waals surface area contributed by atoms with Crippen LogP contribution in [-0.4, -0.2) is 22.2 Å². The molecule has 0 radical (unpaired) electrons. The SMILES string of the molecule is Nc1ccn(CC(=O)NCCc2ccc(Cl)s2)n1. The number of hydrogen-bond acceptors (Lipinski definition) is 4. The lowest BCUT2D eigenvalue weighted by Gasteiger charge is -2.04. The van der Waals surface area contributed by atoms with Crippen LogP contribution in [0.3, 0.4) is 0 Å². The molecule has 96 valence electrons. The Balaban J connectivity index is 1.72. The minimum absolute atomic E-state index is 0.0826. The lowest BCUT2D eigenvalue weighted by Crippen LogP contribution is -2.29. The van der Waals surface area contributed by atoms with E-state index in [0.29, 0.717) is 12.4 Å². The molecule has 2 aromatic rings.